The molecule has 1 atom stereocenters. The highest BCUT2D eigenvalue weighted by molar-refractivity contribution is 5.70. The first-order chi connectivity index (χ1) is 10.5. The maximum atomic E-state index is 13.5. The molecular weight excluding hydrogens is 292 g/mol. The topological polar surface area (TPSA) is 86.1 Å². The molecule has 0 aliphatic carbocycles. The Morgan fingerprint density at radius 3 is 2.36 bits per heavy atom. The summed E-state index contributed by atoms with van der Waals surface area (Å²) in [5, 5.41) is 12.8. The van der Waals surface area contributed by atoms with Crippen LogP contribution in [-0.2, 0) is 10.3 Å². The van der Waals surface area contributed by atoms with Gasteiger partial charge in [-0.05, 0) is 40.9 Å². The van der Waals surface area contributed by atoms with E-state index in [1.165, 1.54) is 30.3 Å². The molecule has 2 aromatic rings. The number of nitrogens with zero attached hydrogens (tertiary/aromatic N) is 3. The highest BCUT2D eigenvalue weighted by Crippen LogP contribution is 2.38. The lowest BCUT2D eigenvalue weighted by Crippen LogP contribution is -2.28. The number of carboxylic acid groups (broad SMARTS) is 1. The van der Waals surface area contributed by atoms with E-state index < -0.39 is 29.6 Å². The number of carboxylic acids is 1. The Labute approximate surface area is 124 Å². The minimum absolute atomic E-state index is 0.180. The predicted molar refractivity (Wildman–Crippen MR) is 75.0 cm³/mol. The Morgan fingerprint density at radius 1 is 1.14 bits per heavy atom. The van der Waals surface area contributed by atoms with Gasteiger partial charge >= 0.3 is 5.97 Å². The molecule has 0 bridgehead atoms. The molecule has 0 radical (unpaired) electrons. The third-order valence-electron chi connectivity index (χ3n) is 3.25. The number of benzene rings is 2. The van der Waals surface area contributed by atoms with E-state index in [1.54, 1.807) is 0 Å². The first-order valence-corrected chi connectivity index (χ1v) is 6.28. The van der Waals surface area contributed by atoms with E-state index in [9.17, 15) is 18.7 Å². The van der Waals surface area contributed by atoms with Gasteiger partial charge in [0.05, 0.1) is 6.42 Å². The molecule has 2 rings (SSSR count). The monoisotopic (exact) mass is 303 g/mol. The van der Waals surface area contributed by atoms with Crippen LogP contribution < -0.4 is 0 Å². The summed E-state index contributed by atoms with van der Waals surface area (Å²) in [7, 11) is 0. The van der Waals surface area contributed by atoms with E-state index in [-0.39, 0.29) is 11.1 Å². The Balaban J connectivity index is 2.73. The van der Waals surface area contributed by atoms with Gasteiger partial charge in [-0.3, -0.25) is 4.79 Å². The van der Waals surface area contributed by atoms with Gasteiger partial charge in [0.25, 0.3) is 0 Å². The third-order valence-corrected chi connectivity index (χ3v) is 3.25. The van der Waals surface area contributed by atoms with Crippen molar-refractivity contribution in [2.75, 3.05) is 0 Å². The largest absolute Gasteiger partial charge is 0.481 e. The van der Waals surface area contributed by atoms with Crippen LogP contribution in [0.1, 0.15) is 17.5 Å². The van der Waals surface area contributed by atoms with Crippen LogP contribution in [0.2, 0.25) is 0 Å². The second-order valence-electron chi connectivity index (χ2n) is 4.64. The van der Waals surface area contributed by atoms with E-state index in [4.69, 9.17) is 5.53 Å². The molecule has 0 saturated heterocycles. The van der Waals surface area contributed by atoms with Crippen LogP contribution >= 0.6 is 0 Å². The summed E-state index contributed by atoms with van der Waals surface area (Å²) in [5.41, 5.74) is 7.65. The first kappa shape index (κ1) is 15.5. The van der Waals surface area contributed by atoms with Crippen molar-refractivity contribution in [2.45, 2.75) is 12.0 Å². The fraction of sp³-hybridized carbons (Fsp3) is 0.133. The van der Waals surface area contributed by atoms with Crippen LogP contribution in [0.25, 0.3) is 10.4 Å². The van der Waals surface area contributed by atoms with Gasteiger partial charge in [0, 0.05) is 4.91 Å². The van der Waals surface area contributed by atoms with Gasteiger partial charge in [-0.15, -0.1) is 0 Å². The van der Waals surface area contributed by atoms with Crippen LogP contribution in [0.3, 0.4) is 0 Å². The van der Waals surface area contributed by atoms with Crippen molar-refractivity contribution >= 4 is 5.97 Å². The summed E-state index contributed by atoms with van der Waals surface area (Å²) in [6, 6.07) is 10.0. The van der Waals surface area contributed by atoms with Crippen molar-refractivity contribution in [2.24, 2.45) is 5.11 Å². The fourth-order valence-corrected chi connectivity index (χ4v) is 2.29. The number of hydrogen-bond acceptors (Lipinski definition) is 2. The molecule has 1 unspecified atom stereocenters. The minimum Gasteiger partial charge on any atom is -0.481 e. The van der Waals surface area contributed by atoms with Gasteiger partial charge in [-0.25, -0.2) is 8.78 Å². The number of azide groups is 1. The summed E-state index contributed by atoms with van der Waals surface area (Å²) in [6.45, 7) is 0. The zero-order valence-corrected chi connectivity index (χ0v) is 11.3. The van der Waals surface area contributed by atoms with Crippen molar-refractivity contribution in [3.63, 3.8) is 0 Å². The van der Waals surface area contributed by atoms with Crippen LogP contribution in [-0.4, -0.2) is 11.1 Å². The molecule has 7 heteroatoms. The molecule has 112 valence electrons. The molecule has 0 spiro atoms. The SMILES string of the molecule is [N-]=[N+]=NC(CC(=O)O)(c1ccc(F)cc1)c1cccc(F)c1. The van der Waals surface area contributed by atoms with Gasteiger partial charge in [0.1, 0.15) is 17.2 Å². The number of aliphatic carboxylic acids is 1. The Hall–Kier alpha value is -2.92. The van der Waals surface area contributed by atoms with Crippen LogP contribution in [0.15, 0.2) is 53.6 Å². The van der Waals surface area contributed by atoms with Gasteiger partial charge in [-0.1, -0.05) is 29.4 Å². The third kappa shape index (κ3) is 3.05. The molecule has 0 aliphatic rings. The maximum Gasteiger partial charge on any atom is 0.304 e. The average molecular weight is 303 g/mol. The smallest absolute Gasteiger partial charge is 0.304 e. The predicted octanol–water partition coefficient (Wildman–Crippen LogP) is 3.99. The van der Waals surface area contributed by atoms with E-state index >= 15 is 0 Å². The lowest BCUT2D eigenvalue weighted by atomic mass is 9.81. The second kappa shape index (κ2) is 6.24. The van der Waals surface area contributed by atoms with Crippen LogP contribution in [0, 0.1) is 11.6 Å². The highest BCUT2D eigenvalue weighted by Gasteiger charge is 2.36. The summed E-state index contributed by atoms with van der Waals surface area (Å²) in [5.74, 6) is -2.35. The molecule has 22 heavy (non-hydrogen) atoms. The fourth-order valence-electron chi connectivity index (χ4n) is 2.29. The summed E-state index contributed by atoms with van der Waals surface area (Å²) < 4.78 is 26.6. The Kier molecular flexibility index (Phi) is 4.39. The maximum absolute atomic E-state index is 13.5. The molecule has 0 saturated carbocycles. The molecule has 0 heterocycles. The average Bonchev–Trinajstić information content (AvgIpc) is 2.47. The molecule has 5 nitrogen and oxygen atoms in total. The number of halogens is 2. The van der Waals surface area contributed by atoms with Crippen molar-refractivity contribution in [1.82, 2.24) is 0 Å². The zero-order chi connectivity index (χ0) is 16.2. The van der Waals surface area contributed by atoms with E-state index in [0.717, 1.165) is 18.2 Å². The molecule has 0 fully saturated rings. The van der Waals surface area contributed by atoms with Gasteiger partial charge < -0.3 is 5.11 Å². The molecule has 1 N–H and O–H groups in total. The van der Waals surface area contributed by atoms with Crippen LogP contribution in [0.4, 0.5) is 8.78 Å². The highest BCUT2D eigenvalue weighted by atomic mass is 19.1. The van der Waals surface area contributed by atoms with Crippen molar-refractivity contribution in [3.8, 4) is 0 Å². The quantitative estimate of drug-likeness (QED) is 0.514. The number of hydrogen-bond donors (Lipinski definition) is 1. The zero-order valence-electron chi connectivity index (χ0n) is 11.3. The Morgan fingerprint density at radius 2 is 1.82 bits per heavy atom. The number of carbonyl (C=O) groups is 1. The summed E-state index contributed by atoms with van der Waals surface area (Å²) in [4.78, 5) is 13.9. The molecule has 0 aliphatic heterocycles. The summed E-state index contributed by atoms with van der Waals surface area (Å²) >= 11 is 0. The minimum atomic E-state index is -1.66. The lowest BCUT2D eigenvalue weighted by molar-refractivity contribution is -0.138. The van der Waals surface area contributed by atoms with Crippen LogP contribution in [0.5, 0.6) is 0 Å². The van der Waals surface area contributed by atoms with Gasteiger partial charge in [0.15, 0.2) is 0 Å². The lowest BCUT2D eigenvalue weighted by Gasteiger charge is -2.28. The summed E-state index contributed by atoms with van der Waals surface area (Å²) in [6.07, 6.45) is -0.591. The first-order valence-electron chi connectivity index (χ1n) is 6.28. The van der Waals surface area contributed by atoms with Crippen molar-refractivity contribution in [3.05, 3.63) is 81.7 Å². The van der Waals surface area contributed by atoms with Gasteiger partial charge in [-0.2, -0.15) is 0 Å². The second-order valence-corrected chi connectivity index (χ2v) is 4.64. The van der Waals surface area contributed by atoms with Gasteiger partial charge in [0.2, 0.25) is 0 Å². The molecule has 0 aromatic heterocycles. The molecule has 2 aromatic carbocycles. The normalized spacial score (nSPS) is 13.0. The standard InChI is InChI=1S/C15H11F2N3O2/c16-12-6-4-10(5-7-12)15(19-20-18,9-14(21)22)11-2-1-3-13(17)8-11/h1-8H,9H2,(H,21,22). The molecule has 0 amide bonds. The van der Waals surface area contributed by atoms with Crippen molar-refractivity contribution < 1.29 is 18.7 Å². The Bertz CT molecular complexity index is 743. The van der Waals surface area contributed by atoms with E-state index in [2.05, 4.69) is 10.0 Å². The van der Waals surface area contributed by atoms with Crippen molar-refractivity contribution in [1.29, 1.82) is 0 Å². The number of rotatable bonds is 5. The van der Waals surface area contributed by atoms with E-state index in [0.29, 0.717) is 0 Å². The van der Waals surface area contributed by atoms with E-state index in [1.807, 2.05) is 0 Å². The molecular formula is C15H11F2N3O2.